The molecule has 2 rings (SSSR count). The summed E-state index contributed by atoms with van der Waals surface area (Å²) < 4.78 is 32.1. The Balaban J connectivity index is 0.00000220. The molecule has 1 aliphatic rings. The third kappa shape index (κ3) is 4.40. The molecule has 0 aliphatic carbocycles. The Kier molecular flexibility index (Phi) is 6.61. The predicted molar refractivity (Wildman–Crippen MR) is 84.3 cm³/mol. The van der Waals surface area contributed by atoms with Crippen molar-refractivity contribution >= 4 is 44.3 Å². The third-order valence-corrected chi connectivity index (χ3v) is 5.52. The number of benzene rings is 1. The first-order chi connectivity index (χ1) is 9.44. The molecule has 1 aromatic rings. The van der Waals surface area contributed by atoms with Crippen molar-refractivity contribution in [2.75, 3.05) is 20.2 Å². The maximum Gasteiger partial charge on any atom is 0.337 e. The minimum Gasteiger partial charge on any atom is -0.465 e. The molecule has 0 aromatic heterocycles. The summed E-state index contributed by atoms with van der Waals surface area (Å²) in [4.78, 5) is 11.5. The zero-order valence-electron chi connectivity index (χ0n) is 11.3. The van der Waals surface area contributed by atoms with Gasteiger partial charge in [-0.15, -0.1) is 12.4 Å². The Bertz CT molecular complexity index is 618. The van der Waals surface area contributed by atoms with Gasteiger partial charge in [0.05, 0.1) is 17.6 Å². The number of sulfonamides is 1. The quantitative estimate of drug-likeness (QED) is 0.746. The molecule has 0 saturated carbocycles. The summed E-state index contributed by atoms with van der Waals surface area (Å²) in [5, 5.41) is 3.09. The molecular weight excluding hydrogens is 384 g/mol. The molecule has 21 heavy (non-hydrogen) atoms. The van der Waals surface area contributed by atoms with Crippen molar-refractivity contribution in [1.29, 1.82) is 0 Å². The molecule has 1 unspecified atom stereocenters. The molecule has 1 aromatic carbocycles. The standard InChI is InChI=1S/C12H15BrN2O4S.ClH/c1-19-12(16)8-2-3-11(10(13)6-8)20(17,18)15-9-4-5-14-7-9;/h2-3,6,9,14-15H,4-5,7H2,1H3;1H. The second-order valence-electron chi connectivity index (χ2n) is 4.45. The van der Waals surface area contributed by atoms with Gasteiger partial charge in [0.15, 0.2) is 0 Å². The van der Waals surface area contributed by atoms with Crippen LogP contribution in [0.4, 0.5) is 0 Å². The Hall–Kier alpha value is -0.670. The van der Waals surface area contributed by atoms with Crippen LogP contribution in [0.3, 0.4) is 0 Å². The number of carbonyl (C=O) groups is 1. The molecule has 0 radical (unpaired) electrons. The van der Waals surface area contributed by atoms with Crippen LogP contribution in [0.25, 0.3) is 0 Å². The zero-order valence-corrected chi connectivity index (χ0v) is 14.5. The minimum atomic E-state index is -3.61. The van der Waals surface area contributed by atoms with E-state index in [0.29, 0.717) is 16.6 Å². The van der Waals surface area contributed by atoms with E-state index in [1.807, 2.05) is 0 Å². The lowest BCUT2D eigenvalue weighted by Crippen LogP contribution is -2.36. The molecule has 118 valence electrons. The van der Waals surface area contributed by atoms with Gasteiger partial charge in [0.25, 0.3) is 0 Å². The smallest absolute Gasteiger partial charge is 0.337 e. The first kappa shape index (κ1) is 18.4. The van der Waals surface area contributed by atoms with Crippen LogP contribution in [0, 0.1) is 0 Å². The van der Waals surface area contributed by atoms with Gasteiger partial charge in [-0.2, -0.15) is 0 Å². The Morgan fingerprint density at radius 1 is 1.48 bits per heavy atom. The summed E-state index contributed by atoms with van der Waals surface area (Å²) in [5.74, 6) is -0.511. The number of esters is 1. The average Bonchev–Trinajstić information content (AvgIpc) is 2.89. The minimum absolute atomic E-state index is 0. The molecule has 1 fully saturated rings. The number of nitrogens with one attached hydrogen (secondary N) is 2. The van der Waals surface area contributed by atoms with Gasteiger partial charge in [0.1, 0.15) is 0 Å². The number of methoxy groups -OCH3 is 1. The molecule has 1 heterocycles. The van der Waals surface area contributed by atoms with Crippen LogP contribution >= 0.6 is 28.3 Å². The van der Waals surface area contributed by atoms with Gasteiger partial charge in [-0.1, -0.05) is 0 Å². The van der Waals surface area contributed by atoms with Gasteiger partial charge < -0.3 is 10.1 Å². The Labute approximate surface area is 138 Å². The number of hydrogen-bond donors (Lipinski definition) is 2. The van der Waals surface area contributed by atoms with E-state index in [1.165, 1.54) is 25.3 Å². The molecule has 1 atom stereocenters. The lowest BCUT2D eigenvalue weighted by molar-refractivity contribution is 0.0600. The summed E-state index contributed by atoms with van der Waals surface area (Å²) in [5.41, 5.74) is 0.292. The van der Waals surface area contributed by atoms with E-state index in [-0.39, 0.29) is 23.3 Å². The summed E-state index contributed by atoms with van der Waals surface area (Å²) in [6.07, 6.45) is 0.761. The Morgan fingerprint density at radius 3 is 2.71 bits per heavy atom. The van der Waals surface area contributed by atoms with Gasteiger partial charge in [0.2, 0.25) is 10.0 Å². The van der Waals surface area contributed by atoms with Crippen LogP contribution in [0.2, 0.25) is 0 Å². The molecule has 0 amide bonds. The van der Waals surface area contributed by atoms with E-state index in [2.05, 4.69) is 30.7 Å². The Morgan fingerprint density at radius 2 is 2.19 bits per heavy atom. The van der Waals surface area contributed by atoms with Crippen molar-refractivity contribution in [2.24, 2.45) is 0 Å². The number of rotatable bonds is 4. The predicted octanol–water partition coefficient (Wildman–Crippen LogP) is 1.30. The van der Waals surface area contributed by atoms with E-state index in [4.69, 9.17) is 0 Å². The lowest BCUT2D eigenvalue weighted by Gasteiger charge is -2.13. The normalized spacial score (nSPS) is 18.1. The van der Waals surface area contributed by atoms with E-state index in [0.717, 1.165) is 13.0 Å². The van der Waals surface area contributed by atoms with Crippen LogP contribution in [0.5, 0.6) is 0 Å². The van der Waals surface area contributed by atoms with Crippen LogP contribution < -0.4 is 10.0 Å². The van der Waals surface area contributed by atoms with Gasteiger partial charge in [0, 0.05) is 17.1 Å². The monoisotopic (exact) mass is 398 g/mol. The van der Waals surface area contributed by atoms with Crippen LogP contribution in [0.15, 0.2) is 27.6 Å². The van der Waals surface area contributed by atoms with Crippen molar-refractivity contribution in [3.63, 3.8) is 0 Å². The number of hydrogen-bond acceptors (Lipinski definition) is 5. The fourth-order valence-corrected chi connectivity index (χ4v) is 4.35. The highest BCUT2D eigenvalue weighted by molar-refractivity contribution is 9.10. The summed E-state index contributed by atoms with van der Waals surface area (Å²) in [7, 11) is -2.34. The summed E-state index contributed by atoms with van der Waals surface area (Å²) in [6, 6.07) is 4.15. The zero-order chi connectivity index (χ0) is 14.8. The number of carbonyl (C=O) groups excluding carboxylic acids is 1. The second kappa shape index (κ2) is 7.55. The highest BCUT2D eigenvalue weighted by Gasteiger charge is 2.25. The van der Waals surface area contributed by atoms with Gasteiger partial charge >= 0.3 is 5.97 Å². The number of halogens is 2. The van der Waals surface area contributed by atoms with E-state index in [1.54, 1.807) is 0 Å². The molecule has 6 nitrogen and oxygen atoms in total. The summed E-state index contributed by atoms with van der Waals surface area (Å²) >= 11 is 3.19. The fraction of sp³-hybridized carbons (Fsp3) is 0.417. The molecule has 9 heteroatoms. The van der Waals surface area contributed by atoms with Crippen molar-refractivity contribution < 1.29 is 17.9 Å². The first-order valence-electron chi connectivity index (χ1n) is 6.05. The van der Waals surface area contributed by atoms with Crippen molar-refractivity contribution in [3.8, 4) is 0 Å². The van der Waals surface area contributed by atoms with Crippen LogP contribution in [0.1, 0.15) is 16.8 Å². The van der Waals surface area contributed by atoms with E-state index in [9.17, 15) is 13.2 Å². The van der Waals surface area contributed by atoms with Gasteiger partial charge in [-0.05, 0) is 47.1 Å². The van der Waals surface area contributed by atoms with E-state index < -0.39 is 16.0 Å². The van der Waals surface area contributed by atoms with Crippen molar-refractivity contribution in [2.45, 2.75) is 17.4 Å². The molecule has 1 saturated heterocycles. The van der Waals surface area contributed by atoms with Crippen molar-refractivity contribution in [3.05, 3.63) is 28.2 Å². The van der Waals surface area contributed by atoms with Gasteiger partial charge in [-0.3, -0.25) is 0 Å². The molecule has 2 N–H and O–H groups in total. The lowest BCUT2D eigenvalue weighted by atomic mass is 10.2. The average molecular weight is 400 g/mol. The molecule has 1 aliphatic heterocycles. The fourth-order valence-electron chi connectivity index (χ4n) is 2.00. The third-order valence-electron chi connectivity index (χ3n) is 3.02. The molecular formula is C12H16BrClN2O4S. The van der Waals surface area contributed by atoms with E-state index >= 15 is 0 Å². The highest BCUT2D eigenvalue weighted by atomic mass is 79.9. The topological polar surface area (TPSA) is 84.5 Å². The molecule has 0 bridgehead atoms. The maximum atomic E-state index is 12.3. The van der Waals surface area contributed by atoms with Crippen LogP contribution in [-0.2, 0) is 14.8 Å². The summed E-state index contributed by atoms with van der Waals surface area (Å²) in [6.45, 7) is 1.42. The SMILES string of the molecule is COC(=O)c1ccc(S(=O)(=O)NC2CCNC2)c(Br)c1.Cl. The second-order valence-corrected chi connectivity index (χ2v) is 6.98. The van der Waals surface area contributed by atoms with Crippen molar-refractivity contribution in [1.82, 2.24) is 10.0 Å². The molecule has 0 spiro atoms. The van der Waals surface area contributed by atoms with Gasteiger partial charge in [-0.25, -0.2) is 17.9 Å². The first-order valence-corrected chi connectivity index (χ1v) is 8.32. The maximum absolute atomic E-state index is 12.3. The van der Waals surface area contributed by atoms with Crippen LogP contribution in [-0.4, -0.2) is 40.6 Å². The number of ether oxygens (including phenoxy) is 1. The largest absolute Gasteiger partial charge is 0.465 e. The highest BCUT2D eigenvalue weighted by Crippen LogP contribution is 2.24.